The number of phenolic OH excluding ortho intramolecular Hbond substituents is 1. The van der Waals surface area contributed by atoms with Gasteiger partial charge in [0, 0.05) is 0 Å². The summed E-state index contributed by atoms with van der Waals surface area (Å²) in [4.78, 5) is 11.7. The van der Waals surface area contributed by atoms with Crippen LogP contribution in [0.15, 0.2) is 65.2 Å². The van der Waals surface area contributed by atoms with Crippen molar-refractivity contribution in [2.24, 2.45) is 0 Å². The van der Waals surface area contributed by atoms with E-state index in [0.29, 0.717) is 12.2 Å². The first-order valence-corrected chi connectivity index (χ1v) is 12.7. The maximum Gasteiger partial charge on any atom is 0.320 e. The van der Waals surface area contributed by atoms with Crippen LogP contribution < -0.4 is 10.2 Å². The van der Waals surface area contributed by atoms with Gasteiger partial charge in [0.15, 0.2) is 5.50 Å². The van der Waals surface area contributed by atoms with Crippen molar-refractivity contribution in [3.63, 3.8) is 0 Å². The lowest BCUT2D eigenvalue weighted by Gasteiger charge is -2.18. The van der Waals surface area contributed by atoms with Gasteiger partial charge in [0.2, 0.25) is 0 Å². The summed E-state index contributed by atoms with van der Waals surface area (Å²) in [6.45, 7) is 12.0. The van der Waals surface area contributed by atoms with Gasteiger partial charge in [0.25, 0.3) is 7.44 Å². The summed E-state index contributed by atoms with van der Waals surface area (Å²) in [5.74, 6) is 0.0274. The van der Waals surface area contributed by atoms with Gasteiger partial charge in [-0.1, -0.05) is 44.7 Å². The van der Waals surface area contributed by atoms with Crippen LogP contribution >= 0.6 is 7.44 Å². The van der Waals surface area contributed by atoms with Crippen LogP contribution in [0, 0.1) is 0 Å². The summed E-state index contributed by atoms with van der Waals surface area (Å²) < 4.78 is 23.8. The molecule has 1 aromatic rings. The highest BCUT2D eigenvalue weighted by molar-refractivity contribution is 7.64. The van der Waals surface area contributed by atoms with Gasteiger partial charge in [0.1, 0.15) is 18.9 Å². The van der Waals surface area contributed by atoms with E-state index in [1.807, 2.05) is 39.0 Å². The molecule has 0 fully saturated rings. The zero-order chi connectivity index (χ0) is 24.6. The van der Waals surface area contributed by atoms with E-state index < -0.39 is 13.4 Å². The minimum Gasteiger partial charge on any atom is -0.508 e. The number of esters is 1. The summed E-state index contributed by atoms with van der Waals surface area (Å²) in [5.41, 5.74) is 5.16. The van der Waals surface area contributed by atoms with Gasteiger partial charge in [-0.25, -0.2) is 5.09 Å². The van der Waals surface area contributed by atoms with E-state index in [2.05, 4.69) is 16.8 Å². The minimum atomic E-state index is -3.29. The summed E-state index contributed by atoms with van der Waals surface area (Å²) in [6, 6.07) is 5.67. The van der Waals surface area contributed by atoms with Gasteiger partial charge in [-0.2, -0.15) is 0 Å². The van der Waals surface area contributed by atoms with Crippen LogP contribution in [0.3, 0.4) is 0 Å². The summed E-state index contributed by atoms with van der Waals surface area (Å²) >= 11 is 0. The number of carbonyl (C=O) groups is 1. The molecular formula is C25H35N2O5P. The Balaban J connectivity index is 2.28. The number of benzene rings is 1. The Kier molecular flexibility index (Phi) is 9.71. The van der Waals surface area contributed by atoms with E-state index in [1.54, 1.807) is 32.2 Å². The predicted octanol–water partition coefficient (Wildman–Crippen LogP) is 4.92. The summed E-state index contributed by atoms with van der Waals surface area (Å²) in [5, 5.41) is 15.6. The fourth-order valence-electron chi connectivity index (χ4n) is 3.37. The molecule has 8 heteroatoms. The van der Waals surface area contributed by atoms with E-state index in [0.717, 1.165) is 27.8 Å². The molecule has 1 aliphatic heterocycles. The van der Waals surface area contributed by atoms with Gasteiger partial charge in [-0.15, -0.1) is 0 Å². The molecule has 1 heterocycles. The van der Waals surface area contributed by atoms with E-state index in [4.69, 9.17) is 9.47 Å². The van der Waals surface area contributed by atoms with Crippen molar-refractivity contribution in [1.29, 1.82) is 0 Å². The number of rotatable bonds is 11. The molecule has 7 nitrogen and oxygen atoms in total. The molecule has 1 aromatic carbocycles. The zero-order valence-electron chi connectivity index (χ0n) is 20.1. The zero-order valence-corrected chi connectivity index (χ0v) is 21.0. The first kappa shape index (κ1) is 26.7. The molecule has 0 aliphatic carbocycles. The molecule has 0 bridgehead atoms. The molecule has 33 heavy (non-hydrogen) atoms. The van der Waals surface area contributed by atoms with Crippen LogP contribution in [0.25, 0.3) is 0 Å². The highest BCUT2D eigenvalue weighted by atomic mass is 31.2. The molecule has 0 saturated carbocycles. The lowest BCUT2D eigenvalue weighted by Crippen LogP contribution is -2.27. The Morgan fingerprint density at radius 3 is 2.73 bits per heavy atom. The molecule has 0 spiro atoms. The lowest BCUT2D eigenvalue weighted by molar-refractivity contribution is -0.141. The smallest absolute Gasteiger partial charge is 0.320 e. The Labute approximate surface area is 196 Å². The second kappa shape index (κ2) is 12.0. The van der Waals surface area contributed by atoms with Crippen molar-refractivity contribution < 1.29 is 23.9 Å². The lowest BCUT2D eigenvalue weighted by atomic mass is 9.94. The van der Waals surface area contributed by atoms with Crippen molar-refractivity contribution >= 4 is 13.4 Å². The van der Waals surface area contributed by atoms with E-state index in [-0.39, 0.29) is 31.2 Å². The molecule has 2 rings (SSSR count). The molecule has 0 radical (unpaired) electrons. The molecule has 1 atom stereocenters. The van der Waals surface area contributed by atoms with Crippen LogP contribution in [0.2, 0.25) is 0 Å². The number of aromatic hydroxyl groups is 1. The summed E-state index contributed by atoms with van der Waals surface area (Å²) in [7, 11) is -1.74. The second-order valence-corrected chi connectivity index (χ2v) is 10.5. The van der Waals surface area contributed by atoms with Crippen molar-refractivity contribution in [2.45, 2.75) is 40.0 Å². The quantitative estimate of drug-likeness (QED) is 0.238. The Hall–Kier alpha value is -2.60. The third-order valence-corrected chi connectivity index (χ3v) is 7.47. The standard InChI is InChI=1S/C25H35N2O5P/c1-7-18(5)21(11-19-9-10-23(28)22(13-19)17(3)4)12-20-14-25(32-16-20)33(30,26-6)27-15-24(29)31-8-2/h7,9-10,12-14,17,28H,1,8,11,15-16H2,2-6H3,(H2,26,27,30)/b20-12-,21-18-. The normalized spacial score (nSPS) is 17.3. The third-order valence-electron chi connectivity index (χ3n) is 5.35. The van der Waals surface area contributed by atoms with Gasteiger partial charge in [0.05, 0.1) is 6.61 Å². The maximum atomic E-state index is 13.2. The number of carbonyl (C=O) groups excluding carboxylic acids is 1. The highest BCUT2D eigenvalue weighted by Crippen LogP contribution is 2.48. The number of allylic oxidation sites excluding steroid dienone is 4. The average molecular weight is 475 g/mol. The van der Waals surface area contributed by atoms with Gasteiger partial charge in [-0.3, -0.25) is 14.4 Å². The average Bonchev–Trinajstić information content (AvgIpc) is 3.27. The third kappa shape index (κ3) is 7.19. The van der Waals surface area contributed by atoms with Crippen molar-refractivity contribution in [2.75, 3.05) is 26.8 Å². The van der Waals surface area contributed by atoms with Crippen LogP contribution in [-0.2, 0) is 25.3 Å². The van der Waals surface area contributed by atoms with E-state index in [9.17, 15) is 14.5 Å². The van der Waals surface area contributed by atoms with Gasteiger partial charge < -0.3 is 14.6 Å². The number of ether oxygens (including phenoxy) is 2. The first-order valence-electron chi connectivity index (χ1n) is 11.0. The summed E-state index contributed by atoms with van der Waals surface area (Å²) in [6.07, 6.45) is 6.20. The molecular weight excluding hydrogens is 439 g/mol. The van der Waals surface area contributed by atoms with Crippen LogP contribution in [-0.4, -0.2) is 37.9 Å². The van der Waals surface area contributed by atoms with Crippen LogP contribution in [0.5, 0.6) is 5.75 Å². The number of nitrogens with one attached hydrogen (secondary N) is 2. The van der Waals surface area contributed by atoms with Gasteiger partial charge in [-0.05, 0) is 73.2 Å². The topological polar surface area (TPSA) is 96.9 Å². The Bertz CT molecular complexity index is 1020. The van der Waals surface area contributed by atoms with Gasteiger partial charge >= 0.3 is 5.97 Å². The van der Waals surface area contributed by atoms with Crippen molar-refractivity contribution in [3.05, 3.63) is 76.4 Å². The molecule has 1 unspecified atom stereocenters. The predicted molar refractivity (Wildman–Crippen MR) is 132 cm³/mol. The second-order valence-electron chi connectivity index (χ2n) is 8.10. The minimum absolute atomic E-state index is 0.189. The van der Waals surface area contributed by atoms with E-state index in [1.165, 1.54) is 0 Å². The van der Waals surface area contributed by atoms with E-state index >= 15 is 0 Å². The molecule has 1 aliphatic rings. The van der Waals surface area contributed by atoms with Crippen molar-refractivity contribution in [3.8, 4) is 5.75 Å². The molecule has 0 saturated heterocycles. The largest absolute Gasteiger partial charge is 0.508 e. The number of hydrogen-bond donors (Lipinski definition) is 3. The monoisotopic (exact) mass is 474 g/mol. The fourth-order valence-corrected chi connectivity index (χ4v) is 4.85. The molecule has 0 aromatic heterocycles. The SMILES string of the molecule is C=C/C(C)=C(\C=C1\C=C(P(=O)(NC)NCC(=O)OCC)OC1)Cc1ccc(O)c(C(C)C)c1. The number of hydrogen-bond acceptors (Lipinski definition) is 5. The first-order chi connectivity index (χ1) is 15.6. The number of phenols is 1. The molecule has 180 valence electrons. The van der Waals surface area contributed by atoms with Crippen LogP contribution in [0.1, 0.15) is 44.7 Å². The fraction of sp³-hybridized carbons (Fsp3) is 0.400. The Morgan fingerprint density at radius 1 is 1.39 bits per heavy atom. The maximum absolute atomic E-state index is 13.2. The van der Waals surface area contributed by atoms with Crippen molar-refractivity contribution in [1.82, 2.24) is 10.2 Å². The highest BCUT2D eigenvalue weighted by Gasteiger charge is 2.31. The Morgan fingerprint density at radius 2 is 2.12 bits per heavy atom. The molecule has 3 N–H and O–H groups in total. The molecule has 0 amide bonds. The van der Waals surface area contributed by atoms with Crippen LogP contribution in [0.4, 0.5) is 0 Å².